The molecule has 1 amide bonds. The van der Waals surface area contributed by atoms with Crippen molar-refractivity contribution in [2.45, 2.75) is 35.5 Å². The molecule has 1 fully saturated rings. The molecule has 1 spiro atoms. The Morgan fingerprint density at radius 1 is 0.976 bits per heavy atom. The van der Waals surface area contributed by atoms with E-state index in [9.17, 15) is 9.18 Å². The van der Waals surface area contributed by atoms with Gasteiger partial charge in [0.05, 0.1) is 10.0 Å². The van der Waals surface area contributed by atoms with Crippen molar-refractivity contribution in [1.82, 2.24) is 9.80 Å². The van der Waals surface area contributed by atoms with Crippen molar-refractivity contribution in [3.63, 3.8) is 0 Å². The second-order valence-electron chi connectivity index (χ2n) is 11.4. The third kappa shape index (κ3) is 5.75. The summed E-state index contributed by atoms with van der Waals surface area (Å²) in [6, 6.07) is 24.8. The molecule has 0 aromatic heterocycles. The lowest BCUT2D eigenvalue weighted by molar-refractivity contribution is 0.0782. The van der Waals surface area contributed by atoms with Crippen LogP contribution in [0.25, 0.3) is 10.8 Å². The first kappa shape index (κ1) is 28.5. The number of halogens is 3. The summed E-state index contributed by atoms with van der Waals surface area (Å²) >= 11 is 14.7. The summed E-state index contributed by atoms with van der Waals surface area (Å²) in [4.78, 5) is 19.4. The zero-order valence-corrected chi connectivity index (χ0v) is 25.4. The highest BCUT2D eigenvalue weighted by atomic mass is 35.5. The van der Waals surface area contributed by atoms with Crippen molar-refractivity contribution in [3.8, 4) is 0 Å². The normalized spacial score (nSPS) is 17.1. The summed E-state index contributed by atoms with van der Waals surface area (Å²) in [6.45, 7) is 3.60. The van der Waals surface area contributed by atoms with Gasteiger partial charge in [-0.2, -0.15) is 0 Å². The molecule has 4 aromatic carbocycles. The zero-order valence-electron chi connectivity index (χ0n) is 23.1. The molecule has 2 aliphatic heterocycles. The molecular formula is C34H33Cl2FN2OS. The summed E-state index contributed by atoms with van der Waals surface area (Å²) in [6.07, 6.45) is 3.23. The maximum Gasteiger partial charge on any atom is 0.254 e. The Hall–Kier alpha value is -2.57. The second-order valence-corrected chi connectivity index (χ2v) is 13.2. The molecule has 2 aliphatic rings. The van der Waals surface area contributed by atoms with Crippen LogP contribution in [0.2, 0.25) is 10.0 Å². The number of fused-ring (bicyclic) bond motifs is 3. The number of hydrogen-bond acceptors (Lipinski definition) is 3. The van der Waals surface area contributed by atoms with E-state index in [0.717, 1.165) is 31.6 Å². The predicted octanol–water partition coefficient (Wildman–Crippen LogP) is 8.67. The van der Waals surface area contributed by atoms with Crippen molar-refractivity contribution >= 4 is 51.6 Å². The third-order valence-electron chi connectivity index (χ3n) is 8.93. The largest absolute Gasteiger partial charge is 0.341 e. The van der Waals surface area contributed by atoms with E-state index in [-0.39, 0.29) is 17.6 Å². The number of thioether (sulfide) groups is 1. The smallest absolute Gasteiger partial charge is 0.254 e. The lowest BCUT2D eigenvalue weighted by Crippen LogP contribution is -2.43. The van der Waals surface area contributed by atoms with Crippen molar-refractivity contribution in [3.05, 3.63) is 111 Å². The van der Waals surface area contributed by atoms with Crippen LogP contribution in [0.15, 0.2) is 83.8 Å². The van der Waals surface area contributed by atoms with E-state index < -0.39 is 0 Å². The minimum Gasteiger partial charge on any atom is -0.341 e. The van der Waals surface area contributed by atoms with Gasteiger partial charge in [0.1, 0.15) is 5.82 Å². The minimum absolute atomic E-state index is 0.0732. The molecule has 0 saturated carbocycles. The number of carbonyl (C=O) groups is 1. The van der Waals surface area contributed by atoms with Crippen molar-refractivity contribution < 1.29 is 9.18 Å². The summed E-state index contributed by atoms with van der Waals surface area (Å²) in [5.41, 5.74) is 3.41. The Morgan fingerprint density at radius 2 is 1.71 bits per heavy atom. The standard InChI is InChI=1S/C34H33Cl2FN2OS/c1-38(33(40)27-11-13-31(37)26-7-3-2-6-25(26)27)21-24(23-10-12-29(35)30(36)20-23)14-17-39-18-15-34(16-19-39)22-41-32-9-5-4-8-28(32)34/h2-13,20,24H,14-19,21-22H2,1H3/t24-/m1/s1. The number of nitrogens with zero attached hydrogens (tertiary/aromatic N) is 2. The molecule has 212 valence electrons. The van der Waals surface area contributed by atoms with Gasteiger partial charge in [0.2, 0.25) is 0 Å². The lowest BCUT2D eigenvalue weighted by atomic mass is 9.74. The van der Waals surface area contributed by atoms with Crippen LogP contribution < -0.4 is 0 Å². The maximum atomic E-state index is 14.4. The van der Waals surface area contributed by atoms with Crippen LogP contribution in [0, 0.1) is 5.82 Å². The first-order chi connectivity index (χ1) is 19.8. The van der Waals surface area contributed by atoms with Crippen molar-refractivity contribution in [1.29, 1.82) is 0 Å². The number of likely N-dealkylation sites (tertiary alicyclic amines) is 1. The topological polar surface area (TPSA) is 23.6 Å². The highest BCUT2D eigenvalue weighted by Crippen LogP contribution is 2.49. The molecule has 2 heterocycles. The SMILES string of the molecule is CN(C[C@@H](CCN1CCC2(CC1)CSc1ccccc12)c1ccc(Cl)c(Cl)c1)C(=O)c1ccc(F)c2ccccc12. The Balaban J connectivity index is 1.17. The van der Waals surface area contributed by atoms with Crippen LogP contribution in [-0.2, 0) is 5.41 Å². The predicted molar refractivity (Wildman–Crippen MR) is 169 cm³/mol. The Labute approximate surface area is 255 Å². The van der Waals surface area contributed by atoms with E-state index in [2.05, 4.69) is 29.2 Å². The van der Waals surface area contributed by atoms with E-state index in [4.69, 9.17) is 23.2 Å². The van der Waals surface area contributed by atoms with Crippen LogP contribution in [0.3, 0.4) is 0 Å². The molecule has 3 nitrogen and oxygen atoms in total. The third-order valence-corrected chi connectivity index (χ3v) is 11.0. The quantitative estimate of drug-likeness (QED) is 0.210. The van der Waals surface area contributed by atoms with E-state index in [0.29, 0.717) is 38.3 Å². The van der Waals surface area contributed by atoms with Gasteiger partial charge in [-0.25, -0.2) is 4.39 Å². The van der Waals surface area contributed by atoms with Gasteiger partial charge in [0.25, 0.3) is 5.91 Å². The highest BCUT2D eigenvalue weighted by molar-refractivity contribution is 7.99. The Bertz CT molecular complexity index is 1590. The number of piperidine rings is 1. The van der Waals surface area contributed by atoms with Gasteiger partial charge in [-0.15, -0.1) is 11.8 Å². The van der Waals surface area contributed by atoms with Crippen LogP contribution in [-0.4, -0.2) is 54.7 Å². The average Bonchev–Trinajstić information content (AvgIpc) is 3.35. The van der Waals surface area contributed by atoms with Gasteiger partial charge < -0.3 is 9.80 Å². The molecule has 1 atom stereocenters. The Kier molecular flexibility index (Phi) is 8.33. The molecule has 0 unspecified atom stereocenters. The van der Waals surface area contributed by atoms with Crippen LogP contribution in [0.5, 0.6) is 0 Å². The van der Waals surface area contributed by atoms with Crippen LogP contribution >= 0.6 is 35.0 Å². The molecule has 4 aromatic rings. The maximum absolute atomic E-state index is 14.4. The number of likely N-dealkylation sites (N-methyl/N-ethyl adjacent to an activating group) is 1. The van der Waals surface area contributed by atoms with E-state index >= 15 is 0 Å². The van der Waals surface area contributed by atoms with Crippen LogP contribution in [0.1, 0.15) is 46.7 Å². The zero-order chi connectivity index (χ0) is 28.6. The molecule has 41 heavy (non-hydrogen) atoms. The molecular weight excluding hydrogens is 574 g/mol. The molecule has 0 bridgehead atoms. The fourth-order valence-corrected chi connectivity index (χ4v) is 8.28. The molecule has 0 aliphatic carbocycles. The molecule has 0 radical (unpaired) electrons. The second kappa shape index (κ2) is 12.0. The Morgan fingerprint density at radius 3 is 2.49 bits per heavy atom. The number of carbonyl (C=O) groups excluding carboxylic acids is 1. The van der Waals surface area contributed by atoms with E-state index in [1.54, 1.807) is 29.2 Å². The van der Waals surface area contributed by atoms with Gasteiger partial charge in [-0.1, -0.05) is 71.7 Å². The first-order valence-corrected chi connectivity index (χ1v) is 15.9. The lowest BCUT2D eigenvalue weighted by Gasteiger charge is -2.40. The summed E-state index contributed by atoms with van der Waals surface area (Å²) in [5, 5.41) is 2.13. The number of rotatable bonds is 7. The molecule has 1 saturated heterocycles. The van der Waals surface area contributed by atoms with E-state index in [1.807, 2.05) is 43.1 Å². The van der Waals surface area contributed by atoms with Gasteiger partial charge in [0.15, 0.2) is 0 Å². The monoisotopic (exact) mass is 606 g/mol. The summed E-state index contributed by atoms with van der Waals surface area (Å²) < 4.78 is 14.4. The van der Waals surface area contributed by atoms with Crippen molar-refractivity contribution in [2.75, 3.05) is 39.0 Å². The van der Waals surface area contributed by atoms with Gasteiger partial charge >= 0.3 is 0 Å². The fraction of sp³-hybridized carbons (Fsp3) is 0.324. The number of hydrogen-bond donors (Lipinski definition) is 0. The summed E-state index contributed by atoms with van der Waals surface area (Å²) in [5.74, 6) is 0.806. The number of benzene rings is 4. The van der Waals surface area contributed by atoms with E-state index in [1.165, 1.54) is 35.1 Å². The first-order valence-electron chi connectivity index (χ1n) is 14.2. The van der Waals surface area contributed by atoms with Gasteiger partial charge in [-0.05, 0) is 85.7 Å². The van der Waals surface area contributed by atoms with Gasteiger partial charge in [0, 0.05) is 46.5 Å². The molecule has 7 heteroatoms. The number of amides is 1. The van der Waals surface area contributed by atoms with Crippen molar-refractivity contribution in [2.24, 2.45) is 0 Å². The molecule has 6 rings (SSSR count). The fourth-order valence-electron chi connectivity index (χ4n) is 6.48. The molecule has 0 N–H and O–H groups in total. The minimum atomic E-state index is -0.323. The highest BCUT2D eigenvalue weighted by Gasteiger charge is 2.41. The van der Waals surface area contributed by atoms with Crippen LogP contribution in [0.4, 0.5) is 4.39 Å². The summed E-state index contributed by atoms with van der Waals surface area (Å²) in [7, 11) is 1.82. The average molecular weight is 608 g/mol. The van der Waals surface area contributed by atoms with Gasteiger partial charge in [-0.3, -0.25) is 4.79 Å².